The zero-order valence-corrected chi connectivity index (χ0v) is 20.8. The summed E-state index contributed by atoms with van der Waals surface area (Å²) >= 11 is 0. The molecule has 0 spiro atoms. The maximum Gasteiger partial charge on any atom is 0.243 e. The second-order valence-electron chi connectivity index (χ2n) is 8.01. The average Bonchev–Trinajstić information content (AvgIpc) is 2.83. The highest BCUT2D eigenvalue weighted by molar-refractivity contribution is 7.89. The van der Waals surface area contributed by atoms with Crippen LogP contribution in [0.4, 0.5) is 11.4 Å². The molecule has 3 aromatic carbocycles. The van der Waals surface area contributed by atoms with E-state index in [1.54, 1.807) is 43.3 Å². The van der Waals surface area contributed by atoms with Crippen LogP contribution in [0.2, 0.25) is 0 Å². The molecule has 3 aromatic rings. The minimum absolute atomic E-state index is 0.0938. The van der Waals surface area contributed by atoms with Gasteiger partial charge in [-0.2, -0.15) is 4.31 Å². The van der Waals surface area contributed by atoms with E-state index in [4.69, 9.17) is 4.74 Å². The van der Waals surface area contributed by atoms with Crippen LogP contribution in [0.1, 0.15) is 18.1 Å². The van der Waals surface area contributed by atoms with E-state index in [2.05, 4.69) is 10.6 Å². The Bertz CT molecular complexity index is 1280. The van der Waals surface area contributed by atoms with Gasteiger partial charge in [0.1, 0.15) is 5.75 Å². The molecule has 0 unspecified atom stereocenters. The highest BCUT2D eigenvalue weighted by Crippen LogP contribution is 2.24. The van der Waals surface area contributed by atoms with E-state index < -0.39 is 15.9 Å². The Hall–Kier alpha value is -3.69. The molecule has 184 valence electrons. The Morgan fingerprint density at radius 3 is 2.11 bits per heavy atom. The molecular formula is C26H29N3O5S. The van der Waals surface area contributed by atoms with Gasteiger partial charge in [0.05, 0.1) is 18.6 Å². The second kappa shape index (κ2) is 11.6. The van der Waals surface area contributed by atoms with Crippen molar-refractivity contribution < 1.29 is 22.7 Å². The zero-order chi connectivity index (χ0) is 25.4. The lowest BCUT2D eigenvalue weighted by atomic mass is 10.1. The molecule has 0 saturated heterocycles. The highest BCUT2D eigenvalue weighted by atomic mass is 32.2. The van der Waals surface area contributed by atoms with Crippen molar-refractivity contribution in [3.8, 4) is 5.75 Å². The van der Waals surface area contributed by atoms with Crippen LogP contribution in [0.3, 0.4) is 0 Å². The molecule has 35 heavy (non-hydrogen) atoms. The zero-order valence-electron chi connectivity index (χ0n) is 19.9. The molecule has 2 N–H and O–H groups in total. The fourth-order valence-electron chi connectivity index (χ4n) is 3.54. The van der Waals surface area contributed by atoms with E-state index in [0.717, 1.165) is 5.56 Å². The summed E-state index contributed by atoms with van der Waals surface area (Å²) in [6, 6.07) is 20.7. The molecule has 0 heterocycles. The number of ether oxygens (including phenoxy) is 1. The molecular weight excluding hydrogens is 466 g/mol. The lowest BCUT2D eigenvalue weighted by Crippen LogP contribution is -2.39. The van der Waals surface area contributed by atoms with Crippen LogP contribution >= 0.6 is 0 Å². The van der Waals surface area contributed by atoms with Crippen molar-refractivity contribution in [2.24, 2.45) is 0 Å². The van der Waals surface area contributed by atoms with Crippen LogP contribution < -0.4 is 15.4 Å². The van der Waals surface area contributed by atoms with Crippen LogP contribution in [-0.4, -0.2) is 44.7 Å². The summed E-state index contributed by atoms with van der Waals surface area (Å²) in [6.07, 6.45) is 0.452. The van der Waals surface area contributed by atoms with Gasteiger partial charge in [-0.15, -0.1) is 0 Å². The van der Waals surface area contributed by atoms with E-state index in [-0.39, 0.29) is 23.9 Å². The molecule has 2 amide bonds. The summed E-state index contributed by atoms with van der Waals surface area (Å²) in [6.45, 7) is 2.95. The Kier molecular flexibility index (Phi) is 8.62. The van der Waals surface area contributed by atoms with Gasteiger partial charge in [-0.1, -0.05) is 30.3 Å². The van der Waals surface area contributed by atoms with Gasteiger partial charge in [-0.25, -0.2) is 8.42 Å². The summed E-state index contributed by atoms with van der Waals surface area (Å²) in [7, 11) is -2.43. The van der Waals surface area contributed by atoms with Gasteiger partial charge in [-0.3, -0.25) is 9.59 Å². The Morgan fingerprint density at radius 2 is 1.54 bits per heavy atom. The summed E-state index contributed by atoms with van der Waals surface area (Å²) < 4.78 is 33.4. The molecule has 9 heteroatoms. The number of hydrogen-bond donors (Lipinski definition) is 2. The molecule has 0 aromatic heterocycles. The first kappa shape index (κ1) is 25.9. The van der Waals surface area contributed by atoms with Gasteiger partial charge in [0.15, 0.2) is 0 Å². The van der Waals surface area contributed by atoms with Crippen molar-refractivity contribution in [2.45, 2.75) is 25.2 Å². The van der Waals surface area contributed by atoms with Crippen LogP contribution in [-0.2, 0) is 26.0 Å². The van der Waals surface area contributed by atoms with Gasteiger partial charge in [0, 0.05) is 24.8 Å². The fraction of sp³-hybridized carbons (Fsp3) is 0.231. The predicted molar refractivity (Wildman–Crippen MR) is 136 cm³/mol. The van der Waals surface area contributed by atoms with E-state index in [9.17, 15) is 18.0 Å². The number of carbonyl (C=O) groups excluding carboxylic acids is 2. The lowest BCUT2D eigenvalue weighted by molar-refractivity contribution is -0.116. The number of rotatable bonds is 10. The van der Waals surface area contributed by atoms with Crippen molar-refractivity contribution in [2.75, 3.05) is 30.8 Å². The Labute approximate surface area is 206 Å². The first-order valence-corrected chi connectivity index (χ1v) is 12.5. The molecule has 0 bridgehead atoms. The quantitative estimate of drug-likeness (QED) is 0.445. The minimum atomic E-state index is -3.96. The summed E-state index contributed by atoms with van der Waals surface area (Å²) in [4.78, 5) is 24.1. The first-order chi connectivity index (χ1) is 16.7. The van der Waals surface area contributed by atoms with Crippen LogP contribution in [0.5, 0.6) is 5.75 Å². The van der Waals surface area contributed by atoms with Crippen molar-refractivity contribution in [1.29, 1.82) is 0 Å². The van der Waals surface area contributed by atoms with E-state index in [0.29, 0.717) is 29.1 Å². The minimum Gasteiger partial charge on any atom is -0.496 e. The number of hydrogen-bond acceptors (Lipinski definition) is 5. The summed E-state index contributed by atoms with van der Waals surface area (Å²) in [5.41, 5.74) is 2.73. The molecule has 0 aliphatic heterocycles. The average molecular weight is 496 g/mol. The van der Waals surface area contributed by atoms with E-state index in [1.165, 1.54) is 24.4 Å². The van der Waals surface area contributed by atoms with Crippen molar-refractivity contribution in [1.82, 2.24) is 4.31 Å². The smallest absolute Gasteiger partial charge is 0.243 e. The fourth-order valence-corrected chi connectivity index (χ4v) is 5.03. The molecule has 0 aliphatic rings. The number of nitrogens with zero attached hydrogens (tertiary/aromatic N) is 1. The van der Waals surface area contributed by atoms with Crippen LogP contribution in [0.15, 0.2) is 77.7 Å². The maximum atomic E-state index is 13.5. The van der Waals surface area contributed by atoms with Crippen molar-refractivity contribution in [3.63, 3.8) is 0 Å². The van der Waals surface area contributed by atoms with E-state index >= 15 is 0 Å². The molecule has 0 fully saturated rings. The predicted octanol–water partition coefficient (Wildman–Crippen LogP) is 3.83. The highest BCUT2D eigenvalue weighted by Gasteiger charge is 2.27. The Morgan fingerprint density at radius 1 is 0.914 bits per heavy atom. The third kappa shape index (κ3) is 7.14. The standard InChI is InChI=1S/C26H29N3O5S/c1-19-17-24(13-14-25(19)34-3)35(32,33)29(16-15-21-7-5-4-6-8-21)18-26(31)28-23-11-9-22(10-12-23)27-20(2)30/h4-14,17H,15-16,18H2,1-3H3,(H,27,30)(H,28,31). The van der Waals surface area contributed by atoms with Gasteiger partial charge in [-0.05, 0) is 66.9 Å². The molecule has 8 nitrogen and oxygen atoms in total. The molecule has 3 rings (SSSR count). The topological polar surface area (TPSA) is 105 Å². The van der Waals surface area contributed by atoms with Gasteiger partial charge >= 0.3 is 0 Å². The number of nitrogens with one attached hydrogen (secondary N) is 2. The normalized spacial score (nSPS) is 11.2. The van der Waals surface area contributed by atoms with E-state index in [1.807, 2.05) is 30.3 Å². The number of anilines is 2. The first-order valence-electron chi connectivity index (χ1n) is 11.1. The van der Waals surface area contributed by atoms with Crippen LogP contribution in [0, 0.1) is 6.92 Å². The number of sulfonamides is 1. The largest absolute Gasteiger partial charge is 0.496 e. The molecule has 0 aliphatic carbocycles. The Balaban J connectivity index is 1.80. The number of methoxy groups -OCH3 is 1. The number of carbonyl (C=O) groups is 2. The monoisotopic (exact) mass is 495 g/mol. The lowest BCUT2D eigenvalue weighted by Gasteiger charge is -2.22. The number of amides is 2. The van der Waals surface area contributed by atoms with Crippen molar-refractivity contribution in [3.05, 3.63) is 83.9 Å². The summed E-state index contributed by atoms with van der Waals surface area (Å²) in [5.74, 6) is -0.0887. The third-order valence-electron chi connectivity index (χ3n) is 5.31. The third-order valence-corrected chi connectivity index (χ3v) is 7.15. The molecule has 0 atom stereocenters. The van der Waals surface area contributed by atoms with Gasteiger partial charge in [0.2, 0.25) is 21.8 Å². The molecule has 0 radical (unpaired) electrons. The second-order valence-corrected chi connectivity index (χ2v) is 9.95. The SMILES string of the molecule is COc1ccc(S(=O)(=O)N(CCc2ccccc2)CC(=O)Nc2ccc(NC(C)=O)cc2)cc1C. The van der Waals surface area contributed by atoms with Crippen LogP contribution in [0.25, 0.3) is 0 Å². The number of benzene rings is 3. The summed E-state index contributed by atoms with van der Waals surface area (Å²) in [5, 5.41) is 5.38. The van der Waals surface area contributed by atoms with Gasteiger partial charge < -0.3 is 15.4 Å². The number of aryl methyl sites for hydroxylation is 1. The molecule has 0 saturated carbocycles. The maximum absolute atomic E-state index is 13.5. The van der Waals surface area contributed by atoms with Crippen molar-refractivity contribution >= 4 is 33.2 Å². The van der Waals surface area contributed by atoms with Gasteiger partial charge in [0.25, 0.3) is 0 Å².